The lowest BCUT2D eigenvalue weighted by Crippen LogP contribution is -2.65. The van der Waals surface area contributed by atoms with Crippen molar-refractivity contribution in [1.29, 1.82) is 0 Å². The van der Waals surface area contributed by atoms with Gasteiger partial charge in [-0.3, -0.25) is 4.57 Å². The second-order valence-electron chi connectivity index (χ2n) is 12.5. The molecule has 2 fully saturated rings. The first kappa shape index (κ1) is 34.7. The molecule has 1 aromatic heterocycles. The van der Waals surface area contributed by atoms with Gasteiger partial charge in [0.05, 0.1) is 23.7 Å². The van der Waals surface area contributed by atoms with Crippen molar-refractivity contribution >= 4 is 27.0 Å². The molecular formula is C30H45FN2O8SSi2. The van der Waals surface area contributed by atoms with Crippen molar-refractivity contribution in [3.8, 4) is 5.88 Å². The van der Waals surface area contributed by atoms with Gasteiger partial charge in [0.2, 0.25) is 20.9 Å². The van der Waals surface area contributed by atoms with Gasteiger partial charge < -0.3 is 22.4 Å². The number of hydrogen-bond acceptors (Lipinski definition) is 9. The maximum Gasteiger partial charge on any atom is 0.353 e. The smallest absolute Gasteiger partial charge is 0.353 e. The Morgan fingerprint density at radius 2 is 1.59 bits per heavy atom. The van der Waals surface area contributed by atoms with Crippen LogP contribution in [0.2, 0.25) is 22.2 Å². The van der Waals surface area contributed by atoms with Crippen molar-refractivity contribution < 1.29 is 35.2 Å². The van der Waals surface area contributed by atoms with Crippen LogP contribution in [0.25, 0.3) is 0 Å². The van der Waals surface area contributed by atoms with Crippen molar-refractivity contribution in [1.82, 2.24) is 9.55 Å². The highest BCUT2D eigenvalue weighted by Crippen LogP contribution is 2.50. The summed E-state index contributed by atoms with van der Waals surface area (Å²) in [6, 6.07) is 8.77. The molecule has 0 N–H and O–H groups in total. The van der Waals surface area contributed by atoms with E-state index in [1.165, 1.54) is 36.5 Å². The van der Waals surface area contributed by atoms with Crippen molar-refractivity contribution in [2.45, 2.75) is 108 Å². The monoisotopic (exact) mass is 668 g/mol. The highest BCUT2D eigenvalue weighted by atomic mass is 32.2. The van der Waals surface area contributed by atoms with Crippen LogP contribution in [0.4, 0.5) is 4.39 Å². The summed E-state index contributed by atoms with van der Waals surface area (Å²) in [4.78, 5) is 17.0. The highest BCUT2D eigenvalue weighted by Gasteiger charge is 2.61. The number of rotatable bonds is 9. The zero-order valence-electron chi connectivity index (χ0n) is 26.9. The minimum absolute atomic E-state index is 0.0359. The summed E-state index contributed by atoms with van der Waals surface area (Å²) in [7, 11) is -11.0. The van der Waals surface area contributed by atoms with Gasteiger partial charge in [-0.25, -0.2) is 13.2 Å². The van der Waals surface area contributed by atoms with Gasteiger partial charge in [-0.15, -0.1) is 0 Å². The predicted molar refractivity (Wildman–Crippen MR) is 169 cm³/mol. The number of sulfone groups is 1. The molecule has 14 heteroatoms. The van der Waals surface area contributed by atoms with Gasteiger partial charge >= 0.3 is 22.8 Å². The van der Waals surface area contributed by atoms with Gasteiger partial charge in [0.1, 0.15) is 12.2 Å². The van der Waals surface area contributed by atoms with Crippen LogP contribution in [0.1, 0.15) is 68.5 Å². The molecule has 0 saturated carbocycles. The summed E-state index contributed by atoms with van der Waals surface area (Å²) in [5.41, 5.74) is -1.24. The largest absolute Gasteiger partial charge is 0.478 e. The zero-order valence-corrected chi connectivity index (χ0v) is 29.8. The number of halogens is 1. The summed E-state index contributed by atoms with van der Waals surface area (Å²) in [6.45, 7) is 18.4. The Hall–Kier alpha value is -2.21. The average Bonchev–Trinajstić information content (AvgIpc) is 3.29. The molecular weight excluding hydrogens is 624 g/mol. The van der Waals surface area contributed by atoms with E-state index in [-0.39, 0.29) is 51.7 Å². The Bertz CT molecular complexity index is 1500. The summed E-state index contributed by atoms with van der Waals surface area (Å²) in [5.74, 6) is 0.0874. The van der Waals surface area contributed by atoms with E-state index >= 15 is 4.39 Å². The van der Waals surface area contributed by atoms with E-state index in [4.69, 9.17) is 22.4 Å². The topological polar surface area (TPSA) is 115 Å². The molecule has 0 radical (unpaired) electrons. The predicted octanol–water partition coefficient (Wildman–Crippen LogP) is 6.15. The third kappa shape index (κ3) is 6.14. The average molecular weight is 669 g/mol. The number of aromatic nitrogens is 2. The quantitative estimate of drug-likeness (QED) is 0.290. The molecule has 0 aliphatic carbocycles. The van der Waals surface area contributed by atoms with Crippen LogP contribution < -0.4 is 10.4 Å². The van der Waals surface area contributed by atoms with Crippen LogP contribution in [0.5, 0.6) is 5.88 Å². The molecule has 244 valence electrons. The summed E-state index contributed by atoms with van der Waals surface area (Å²) in [6.07, 6.45) is -2.25. The molecule has 3 heterocycles. The number of nitrogens with zero attached hydrogens (tertiary/aromatic N) is 2. The number of hydrogen-bond donors (Lipinski definition) is 0. The van der Waals surface area contributed by atoms with E-state index in [9.17, 15) is 13.2 Å². The molecule has 0 amide bonds. The summed E-state index contributed by atoms with van der Waals surface area (Å²) >= 11 is 0. The van der Waals surface area contributed by atoms with Crippen molar-refractivity contribution in [2.24, 2.45) is 0 Å². The first-order chi connectivity index (χ1) is 20.6. The van der Waals surface area contributed by atoms with E-state index in [0.717, 1.165) is 4.57 Å². The highest BCUT2D eigenvalue weighted by molar-refractivity contribution is 7.95. The van der Waals surface area contributed by atoms with Gasteiger partial charge in [0, 0.05) is 12.3 Å². The van der Waals surface area contributed by atoms with Crippen LogP contribution in [0.15, 0.2) is 63.0 Å². The van der Waals surface area contributed by atoms with E-state index in [1.807, 2.05) is 27.7 Å². The van der Waals surface area contributed by atoms with Crippen molar-refractivity contribution in [3.05, 3.63) is 63.8 Å². The maximum absolute atomic E-state index is 16.8. The Balaban J connectivity index is 1.99. The Labute approximate surface area is 262 Å². The van der Waals surface area contributed by atoms with Crippen LogP contribution in [0.3, 0.4) is 0 Å². The molecule has 1 aromatic carbocycles. The Morgan fingerprint density at radius 3 is 2.11 bits per heavy atom. The second kappa shape index (κ2) is 13.3. The molecule has 0 spiro atoms. The third-order valence-electron chi connectivity index (χ3n) is 8.40. The fourth-order valence-corrected chi connectivity index (χ4v) is 18.5. The van der Waals surface area contributed by atoms with Crippen LogP contribution in [0, 0.1) is 0 Å². The molecule has 44 heavy (non-hydrogen) atoms. The normalized spacial score (nSPS) is 24.8. The number of benzene rings is 1. The van der Waals surface area contributed by atoms with Gasteiger partial charge in [-0.1, -0.05) is 73.6 Å². The SMILES string of the molecule is CCOc1ccn(C2O[C@@H]3CO[Si](C(C)C)(C(C)C)O[Si](C(C)C)(C(C)C)O[C@H]3C2=C(F)S(=O)(=O)c2ccccc2)c(=O)n1. The summed E-state index contributed by atoms with van der Waals surface area (Å²) < 4.78 is 78.1. The molecule has 2 aromatic rings. The van der Waals surface area contributed by atoms with Gasteiger partial charge in [0.25, 0.3) is 0 Å². The number of fused-ring (bicyclic) bond motifs is 1. The molecule has 0 bridgehead atoms. The van der Waals surface area contributed by atoms with Crippen LogP contribution in [-0.4, -0.2) is 60.5 Å². The fourth-order valence-electron chi connectivity index (χ4n) is 6.13. The molecule has 4 rings (SSSR count). The van der Waals surface area contributed by atoms with Gasteiger partial charge in [-0.2, -0.15) is 9.37 Å². The lowest BCUT2D eigenvalue weighted by molar-refractivity contribution is -0.0562. The molecule has 2 aliphatic rings. The molecule has 2 aliphatic heterocycles. The number of ether oxygens (including phenoxy) is 2. The van der Waals surface area contributed by atoms with Gasteiger partial charge in [-0.05, 0) is 41.2 Å². The molecule has 3 atom stereocenters. The van der Waals surface area contributed by atoms with E-state index < -0.39 is 56.2 Å². The lowest BCUT2D eigenvalue weighted by Gasteiger charge is -2.51. The van der Waals surface area contributed by atoms with Gasteiger partial charge in [0.15, 0.2) is 6.23 Å². The first-order valence-corrected chi connectivity index (χ1v) is 20.6. The van der Waals surface area contributed by atoms with E-state index in [0.29, 0.717) is 0 Å². The molecule has 10 nitrogen and oxygen atoms in total. The lowest BCUT2D eigenvalue weighted by atomic mass is 10.1. The third-order valence-corrected chi connectivity index (χ3v) is 20.2. The standard InChI is InChI=1S/C30H45FN2O8SSi2/c1-10-37-25-16-17-33(30(34)32-25)29-26(28(31)42(35,36)23-14-12-11-13-15-23)27-24(39-29)18-38-43(19(2)3,20(4)5)41-44(40-27,21(6)7)22(8)9/h11-17,19-22,24,27,29H,10,18H2,1-9H3/t24-,27-,29?/m1/s1. The molecule has 1 unspecified atom stereocenters. The minimum atomic E-state index is -4.66. The Morgan fingerprint density at radius 1 is 1.00 bits per heavy atom. The van der Waals surface area contributed by atoms with Crippen LogP contribution in [-0.2, 0) is 27.5 Å². The van der Waals surface area contributed by atoms with Crippen molar-refractivity contribution in [2.75, 3.05) is 13.2 Å². The summed E-state index contributed by atoms with van der Waals surface area (Å²) in [5, 5.41) is -1.44. The zero-order chi connectivity index (χ0) is 32.6. The fraction of sp³-hybridized carbons (Fsp3) is 0.600. The maximum atomic E-state index is 16.8. The van der Waals surface area contributed by atoms with Crippen molar-refractivity contribution in [3.63, 3.8) is 0 Å². The minimum Gasteiger partial charge on any atom is -0.478 e. The van der Waals surface area contributed by atoms with E-state index in [1.54, 1.807) is 13.0 Å². The van der Waals surface area contributed by atoms with E-state index in [2.05, 4.69) is 32.7 Å². The Kier molecular flexibility index (Phi) is 10.4. The first-order valence-electron chi connectivity index (χ1n) is 15.2. The molecule has 2 saturated heterocycles. The second-order valence-corrected chi connectivity index (χ2v) is 23.2. The van der Waals surface area contributed by atoms with Crippen LogP contribution >= 0.6 is 0 Å².